The molecule has 22 heavy (non-hydrogen) atoms. The summed E-state index contributed by atoms with van der Waals surface area (Å²) in [6, 6.07) is 10.6. The molecule has 0 unspecified atom stereocenters. The van der Waals surface area contributed by atoms with E-state index in [0.29, 0.717) is 16.7 Å². The van der Waals surface area contributed by atoms with E-state index in [1.54, 1.807) is 37.3 Å². The van der Waals surface area contributed by atoms with E-state index >= 15 is 0 Å². The van der Waals surface area contributed by atoms with Gasteiger partial charge in [0.1, 0.15) is 12.4 Å². The number of Topliss-reactive ketones (excluding diaryl/α,β-unsaturated/α-hetero) is 1. The first-order chi connectivity index (χ1) is 10.3. The molecule has 0 aromatic heterocycles. The van der Waals surface area contributed by atoms with Crippen LogP contribution >= 0.6 is 0 Å². The van der Waals surface area contributed by atoms with Crippen LogP contribution in [0.1, 0.15) is 34.0 Å². The summed E-state index contributed by atoms with van der Waals surface area (Å²) in [4.78, 5) is 11.5. The zero-order valence-corrected chi connectivity index (χ0v) is 12.2. The summed E-state index contributed by atoms with van der Waals surface area (Å²) >= 11 is 0. The first-order valence-corrected chi connectivity index (χ1v) is 6.68. The van der Waals surface area contributed by atoms with Gasteiger partial charge in [0.25, 0.3) is 0 Å². The molecule has 2 rings (SSSR count). The van der Waals surface area contributed by atoms with E-state index < -0.39 is 11.7 Å². The highest BCUT2D eigenvalue weighted by Gasteiger charge is 2.34. The molecule has 2 aromatic carbocycles. The Morgan fingerprint density at radius 3 is 2.45 bits per heavy atom. The van der Waals surface area contributed by atoms with Gasteiger partial charge in [0.15, 0.2) is 5.78 Å². The molecule has 0 bridgehead atoms. The minimum atomic E-state index is -4.48. The molecular formula is C17H15F3O2. The Bertz CT molecular complexity index is 691. The van der Waals surface area contributed by atoms with Gasteiger partial charge in [-0.05, 0) is 26.0 Å². The van der Waals surface area contributed by atoms with Crippen LogP contribution in [-0.2, 0) is 12.8 Å². The normalized spacial score (nSPS) is 11.3. The molecule has 0 heterocycles. The van der Waals surface area contributed by atoms with Crippen LogP contribution in [0.3, 0.4) is 0 Å². The standard InChI is InChI=1S/C17H15F3O2/c1-11-7-8-16(15(9-11)17(18,19)20)22-10-13-5-3-4-6-14(13)12(2)21/h3-9H,10H2,1-2H3. The van der Waals surface area contributed by atoms with Crippen LogP contribution in [0.4, 0.5) is 13.2 Å². The van der Waals surface area contributed by atoms with Crippen molar-refractivity contribution in [3.05, 3.63) is 64.7 Å². The number of ether oxygens (including phenoxy) is 1. The van der Waals surface area contributed by atoms with Crippen molar-refractivity contribution in [2.75, 3.05) is 0 Å². The molecule has 0 atom stereocenters. The molecule has 2 nitrogen and oxygen atoms in total. The third-order valence-electron chi connectivity index (χ3n) is 3.22. The fourth-order valence-electron chi connectivity index (χ4n) is 2.14. The van der Waals surface area contributed by atoms with E-state index in [0.717, 1.165) is 6.07 Å². The Balaban J connectivity index is 2.28. The molecule has 0 aliphatic rings. The molecule has 0 spiro atoms. The molecule has 0 saturated carbocycles. The topological polar surface area (TPSA) is 26.3 Å². The first kappa shape index (κ1) is 16.1. The minimum Gasteiger partial charge on any atom is -0.488 e. The van der Waals surface area contributed by atoms with Gasteiger partial charge in [0.2, 0.25) is 0 Å². The maximum absolute atomic E-state index is 13.0. The van der Waals surface area contributed by atoms with Crippen LogP contribution in [0.15, 0.2) is 42.5 Å². The molecule has 0 N–H and O–H groups in total. The lowest BCUT2D eigenvalue weighted by Gasteiger charge is -2.15. The number of halogens is 3. The number of benzene rings is 2. The average Bonchev–Trinajstić information content (AvgIpc) is 2.45. The number of ketones is 1. The predicted molar refractivity (Wildman–Crippen MR) is 77.0 cm³/mol. The summed E-state index contributed by atoms with van der Waals surface area (Å²) in [6.07, 6.45) is -4.48. The van der Waals surface area contributed by atoms with Gasteiger partial charge in [0.05, 0.1) is 5.56 Å². The van der Waals surface area contributed by atoms with Crippen molar-refractivity contribution in [2.45, 2.75) is 26.6 Å². The number of alkyl halides is 3. The Kier molecular flexibility index (Phi) is 4.54. The van der Waals surface area contributed by atoms with Gasteiger partial charge in [0, 0.05) is 11.1 Å². The number of carbonyl (C=O) groups excluding carboxylic acids is 1. The Morgan fingerprint density at radius 1 is 1.14 bits per heavy atom. The number of aryl methyl sites for hydroxylation is 1. The predicted octanol–water partition coefficient (Wildman–Crippen LogP) is 4.80. The van der Waals surface area contributed by atoms with Crippen LogP contribution in [0, 0.1) is 6.92 Å². The molecule has 0 amide bonds. The maximum atomic E-state index is 13.0. The lowest BCUT2D eigenvalue weighted by atomic mass is 10.1. The Morgan fingerprint density at radius 2 is 1.82 bits per heavy atom. The second-order valence-corrected chi connectivity index (χ2v) is 5.00. The van der Waals surface area contributed by atoms with Gasteiger partial charge in [-0.3, -0.25) is 4.79 Å². The first-order valence-electron chi connectivity index (χ1n) is 6.68. The van der Waals surface area contributed by atoms with Crippen molar-refractivity contribution in [1.82, 2.24) is 0 Å². The lowest BCUT2D eigenvalue weighted by molar-refractivity contribution is -0.139. The fourth-order valence-corrected chi connectivity index (χ4v) is 2.14. The van der Waals surface area contributed by atoms with Crippen molar-refractivity contribution in [1.29, 1.82) is 0 Å². The lowest BCUT2D eigenvalue weighted by Crippen LogP contribution is -2.10. The van der Waals surface area contributed by atoms with Crippen molar-refractivity contribution >= 4 is 5.78 Å². The van der Waals surface area contributed by atoms with E-state index in [1.165, 1.54) is 13.0 Å². The van der Waals surface area contributed by atoms with Gasteiger partial charge >= 0.3 is 6.18 Å². The molecule has 0 aliphatic carbocycles. The van der Waals surface area contributed by atoms with Crippen LogP contribution in [0.25, 0.3) is 0 Å². The molecule has 0 fully saturated rings. The fraction of sp³-hybridized carbons (Fsp3) is 0.235. The van der Waals surface area contributed by atoms with Gasteiger partial charge in [-0.25, -0.2) is 0 Å². The van der Waals surface area contributed by atoms with Crippen molar-refractivity contribution < 1.29 is 22.7 Å². The molecular weight excluding hydrogens is 293 g/mol. The molecule has 0 radical (unpaired) electrons. The Labute approximate surface area is 126 Å². The molecule has 5 heteroatoms. The Hall–Kier alpha value is -2.30. The van der Waals surface area contributed by atoms with Crippen LogP contribution < -0.4 is 4.74 Å². The molecule has 0 saturated heterocycles. The van der Waals surface area contributed by atoms with Crippen molar-refractivity contribution in [2.24, 2.45) is 0 Å². The quantitative estimate of drug-likeness (QED) is 0.759. The SMILES string of the molecule is CC(=O)c1ccccc1COc1ccc(C)cc1C(F)(F)F. The van der Waals surface area contributed by atoms with Crippen LogP contribution in [0.5, 0.6) is 5.75 Å². The zero-order valence-electron chi connectivity index (χ0n) is 12.2. The van der Waals surface area contributed by atoms with Gasteiger partial charge in [-0.1, -0.05) is 35.9 Å². The van der Waals surface area contributed by atoms with Crippen molar-refractivity contribution in [3.8, 4) is 5.75 Å². The summed E-state index contributed by atoms with van der Waals surface area (Å²) in [5, 5.41) is 0. The summed E-state index contributed by atoms with van der Waals surface area (Å²) in [5.41, 5.74) is 0.698. The van der Waals surface area contributed by atoms with Gasteiger partial charge in [-0.15, -0.1) is 0 Å². The number of carbonyl (C=O) groups is 1. The van der Waals surface area contributed by atoms with Gasteiger partial charge < -0.3 is 4.74 Å². The largest absolute Gasteiger partial charge is 0.488 e. The average molecular weight is 308 g/mol. The number of rotatable bonds is 4. The number of hydrogen-bond donors (Lipinski definition) is 0. The summed E-state index contributed by atoms with van der Waals surface area (Å²) in [5.74, 6) is -0.393. The van der Waals surface area contributed by atoms with Crippen LogP contribution in [0.2, 0.25) is 0 Å². The van der Waals surface area contributed by atoms with E-state index in [-0.39, 0.29) is 18.1 Å². The third kappa shape index (κ3) is 3.67. The minimum absolute atomic E-state index is 0.0953. The highest BCUT2D eigenvalue weighted by Crippen LogP contribution is 2.37. The second-order valence-electron chi connectivity index (χ2n) is 5.00. The molecule has 2 aromatic rings. The summed E-state index contributed by atoms with van der Waals surface area (Å²) in [7, 11) is 0. The highest BCUT2D eigenvalue weighted by atomic mass is 19.4. The number of hydrogen-bond acceptors (Lipinski definition) is 2. The van der Waals surface area contributed by atoms with E-state index in [2.05, 4.69) is 0 Å². The smallest absolute Gasteiger partial charge is 0.419 e. The second kappa shape index (κ2) is 6.22. The zero-order chi connectivity index (χ0) is 16.3. The summed E-state index contributed by atoms with van der Waals surface area (Å²) < 4.78 is 44.4. The molecule has 116 valence electrons. The van der Waals surface area contributed by atoms with Gasteiger partial charge in [-0.2, -0.15) is 13.2 Å². The monoisotopic (exact) mass is 308 g/mol. The van der Waals surface area contributed by atoms with E-state index in [4.69, 9.17) is 4.74 Å². The van der Waals surface area contributed by atoms with Crippen LogP contribution in [-0.4, -0.2) is 5.78 Å². The molecule has 0 aliphatic heterocycles. The van der Waals surface area contributed by atoms with E-state index in [1.807, 2.05) is 0 Å². The maximum Gasteiger partial charge on any atom is 0.419 e. The third-order valence-corrected chi connectivity index (χ3v) is 3.22. The van der Waals surface area contributed by atoms with E-state index in [9.17, 15) is 18.0 Å². The highest BCUT2D eigenvalue weighted by molar-refractivity contribution is 5.95. The summed E-state index contributed by atoms with van der Waals surface area (Å²) in [6.45, 7) is 2.90. The van der Waals surface area contributed by atoms with Crippen molar-refractivity contribution in [3.63, 3.8) is 0 Å².